The van der Waals surface area contributed by atoms with Crippen LogP contribution in [0.5, 0.6) is 0 Å². The molecule has 0 aromatic heterocycles. The van der Waals surface area contributed by atoms with Crippen molar-refractivity contribution in [2.45, 2.75) is 57.4 Å². The lowest BCUT2D eigenvalue weighted by Crippen LogP contribution is -2.47. The summed E-state index contributed by atoms with van der Waals surface area (Å²) in [5, 5.41) is 12.1. The van der Waals surface area contributed by atoms with Crippen LogP contribution >= 0.6 is 0 Å². The molecule has 4 heteroatoms. The second-order valence-corrected chi connectivity index (χ2v) is 5.60. The number of hydrogen-bond donors (Lipinski definition) is 2. The fraction of sp³-hybridized carbons (Fsp3) is 0.929. The van der Waals surface area contributed by atoms with E-state index < -0.39 is 11.5 Å². The quantitative estimate of drug-likeness (QED) is 0.764. The molecule has 1 saturated heterocycles. The summed E-state index contributed by atoms with van der Waals surface area (Å²) >= 11 is 0. The first-order chi connectivity index (χ1) is 8.58. The van der Waals surface area contributed by atoms with Gasteiger partial charge in [-0.2, -0.15) is 0 Å². The second-order valence-electron chi connectivity index (χ2n) is 5.60. The van der Waals surface area contributed by atoms with Crippen molar-refractivity contribution in [1.29, 1.82) is 0 Å². The number of likely N-dealkylation sites (tertiary alicyclic amines) is 1. The number of carbonyl (C=O) groups is 1. The first kappa shape index (κ1) is 15.4. The van der Waals surface area contributed by atoms with Crippen molar-refractivity contribution in [1.82, 2.24) is 10.2 Å². The molecular formula is C14H28N2O2. The van der Waals surface area contributed by atoms with E-state index in [1.165, 1.54) is 45.2 Å². The number of carboxylic acid groups (broad SMARTS) is 1. The van der Waals surface area contributed by atoms with Gasteiger partial charge in [0.15, 0.2) is 0 Å². The molecule has 106 valence electrons. The van der Waals surface area contributed by atoms with Gasteiger partial charge in [-0.15, -0.1) is 0 Å². The third-order valence-electron chi connectivity index (χ3n) is 4.12. The van der Waals surface area contributed by atoms with Gasteiger partial charge >= 0.3 is 5.97 Å². The minimum absolute atomic E-state index is 0.690. The van der Waals surface area contributed by atoms with Gasteiger partial charge in [-0.25, -0.2) is 0 Å². The molecule has 1 unspecified atom stereocenters. The van der Waals surface area contributed by atoms with Gasteiger partial charge in [0.25, 0.3) is 0 Å². The first-order valence-electron chi connectivity index (χ1n) is 7.23. The first-order valence-corrected chi connectivity index (χ1v) is 7.23. The summed E-state index contributed by atoms with van der Waals surface area (Å²) in [6.45, 7) is 5.17. The number of nitrogens with one attached hydrogen (secondary N) is 1. The summed E-state index contributed by atoms with van der Waals surface area (Å²) in [5.41, 5.74) is -0.775. The van der Waals surface area contributed by atoms with Crippen LogP contribution in [0.2, 0.25) is 0 Å². The Morgan fingerprint density at radius 1 is 1.22 bits per heavy atom. The lowest BCUT2D eigenvalue weighted by atomic mass is 9.96. The van der Waals surface area contributed by atoms with E-state index in [4.69, 9.17) is 0 Å². The summed E-state index contributed by atoms with van der Waals surface area (Å²) in [5.74, 6) is -0.752. The molecule has 18 heavy (non-hydrogen) atoms. The average Bonchev–Trinajstić information content (AvgIpc) is 2.31. The number of carboxylic acids is 1. The van der Waals surface area contributed by atoms with Gasteiger partial charge in [0.1, 0.15) is 5.54 Å². The van der Waals surface area contributed by atoms with E-state index >= 15 is 0 Å². The minimum atomic E-state index is -0.775. The van der Waals surface area contributed by atoms with Gasteiger partial charge in [-0.3, -0.25) is 4.79 Å². The van der Waals surface area contributed by atoms with Gasteiger partial charge < -0.3 is 15.3 Å². The molecule has 4 nitrogen and oxygen atoms in total. The maximum Gasteiger partial charge on any atom is 0.323 e. The van der Waals surface area contributed by atoms with E-state index in [2.05, 4.69) is 10.2 Å². The summed E-state index contributed by atoms with van der Waals surface area (Å²) in [4.78, 5) is 13.7. The zero-order valence-electron chi connectivity index (χ0n) is 11.9. The Morgan fingerprint density at radius 3 is 2.28 bits per heavy atom. The molecule has 2 N–H and O–H groups in total. The third kappa shape index (κ3) is 4.94. The van der Waals surface area contributed by atoms with Crippen LogP contribution in [0.3, 0.4) is 0 Å². The molecule has 0 amide bonds. The summed E-state index contributed by atoms with van der Waals surface area (Å²) in [7, 11) is 1.73. The van der Waals surface area contributed by atoms with E-state index in [1.54, 1.807) is 14.0 Å². The molecule has 0 bridgehead atoms. The highest BCUT2D eigenvalue weighted by molar-refractivity contribution is 5.78. The van der Waals surface area contributed by atoms with Gasteiger partial charge in [-0.1, -0.05) is 19.3 Å². The summed E-state index contributed by atoms with van der Waals surface area (Å²) in [6, 6.07) is 0. The van der Waals surface area contributed by atoms with Crippen LogP contribution in [-0.2, 0) is 4.79 Å². The maximum atomic E-state index is 11.2. The molecule has 0 radical (unpaired) electrons. The molecule has 0 spiro atoms. The third-order valence-corrected chi connectivity index (χ3v) is 4.12. The molecule has 1 aliphatic rings. The van der Waals surface area contributed by atoms with Crippen molar-refractivity contribution in [3.63, 3.8) is 0 Å². The number of likely N-dealkylation sites (N-methyl/N-ethyl adjacent to an activating group) is 1. The van der Waals surface area contributed by atoms with Crippen molar-refractivity contribution in [2.24, 2.45) is 0 Å². The number of aliphatic carboxylic acids is 1. The van der Waals surface area contributed by atoms with E-state index in [0.29, 0.717) is 6.42 Å². The van der Waals surface area contributed by atoms with E-state index in [1.807, 2.05) is 0 Å². The lowest BCUT2D eigenvalue weighted by Gasteiger charge is -2.28. The van der Waals surface area contributed by atoms with Crippen LogP contribution in [-0.4, -0.2) is 48.2 Å². The molecule has 0 aromatic rings. The van der Waals surface area contributed by atoms with Crippen LogP contribution in [0.1, 0.15) is 51.9 Å². The molecular weight excluding hydrogens is 228 g/mol. The van der Waals surface area contributed by atoms with Crippen LogP contribution in [0.25, 0.3) is 0 Å². The zero-order chi connectivity index (χ0) is 13.4. The lowest BCUT2D eigenvalue weighted by molar-refractivity contribution is -0.144. The predicted octanol–water partition coefficient (Wildman–Crippen LogP) is 2.10. The Balaban J connectivity index is 2.28. The topological polar surface area (TPSA) is 52.6 Å². The predicted molar refractivity (Wildman–Crippen MR) is 73.9 cm³/mol. The van der Waals surface area contributed by atoms with Crippen molar-refractivity contribution < 1.29 is 9.90 Å². The zero-order valence-corrected chi connectivity index (χ0v) is 11.9. The highest BCUT2D eigenvalue weighted by atomic mass is 16.4. The van der Waals surface area contributed by atoms with Crippen LogP contribution < -0.4 is 5.32 Å². The van der Waals surface area contributed by atoms with Crippen molar-refractivity contribution in [3.8, 4) is 0 Å². The second kappa shape index (κ2) is 7.74. The number of hydrogen-bond acceptors (Lipinski definition) is 3. The molecule has 0 saturated carbocycles. The highest BCUT2D eigenvalue weighted by Gasteiger charge is 2.30. The standard InChI is InChI=1S/C14H28N2O2/c1-14(15-2,13(17)18)9-8-12-16-10-6-4-3-5-7-11-16/h15H,3-12H2,1-2H3,(H,17,18). The Hall–Kier alpha value is -0.610. The van der Waals surface area contributed by atoms with E-state index in [-0.39, 0.29) is 0 Å². The summed E-state index contributed by atoms with van der Waals surface area (Å²) in [6.07, 6.45) is 8.30. The van der Waals surface area contributed by atoms with E-state index in [0.717, 1.165) is 13.0 Å². The Bertz CT molecular complexity index is 250. The molecule has 1 heterocycles. The minimum Gasteiger partial charge on any atom is -0.480 e. The molecule has 0 aliphatic carbocycles. The highest BCUT2D eigenvalue weighted by Crippen LogP contribution is 2.15. The van der Waals surface area contributed by atoms with Crippen molar-refractivity contribution in [3.05, 3.63) is 0 Å². The smallest absolute Gasteiger partial charge is 0.323 e. The molecule has 1 rings (SSSR count). The van der Waals surface area contributed by atoms with Crippen molar-refractivity contribution >= 4 is 5.97 Å². The SMILES string of the molecule is CNC(C)(CCCN1CCCCCCC1)C(=O)O. The van der Waals surface area contributed by atoms with Gasteiger partial charge in [0.05, 0.1) is 0 Å². The normalized spacial score (nSPS) is 21.9. The number of rotatable bonds is 6. The Kier molecular flexibility index (Phi) is 6.65. The maximum absolute atomic E-state index is 11.2. The Labute approximate surface area is 111 Å². The number of nitrogens with zero attached hydrogens (tertiary/aromatic N) is 1. The van der Waals surface area contributed by atoms with E-state index in [9.17, 15) is 9.90 Å². The van der Waals surface area contributed by atoms with Gasteiger partial charge in [-0.05, 0) is 59.3 Å². The largest absolute Gasteiger partial charge is 0.480 e. The monoisotopic (exact) mass is 256 g/mol. The Morgan fingerprint density at radius 2 is 1.78 bits per heavy atom. The van der Waals surface area contributed by atoms with Crippen LogP contribution in [0.4, 0.5) is 0 Å². The van der Waals surface area contributed by atoms with Gasteiger partial charge in [0, 0.05) is 0 Å². The molecule has 1 atom stereocenters. The van der Waals surface area contributed by atoms with Crippen molar-refractivity contribution in [2.75, 3.05) is 26.7 Å². The van der Waals surface area contributed by atoms with Crippen LogP contribution in [0, 0.1) is 0 Å². The van der Waals surface area contributed by atoms with Gasteiger partial charge in [0.2, 0.25) is 0 Å². The molecule has 1 fully saturated rings. The fourth-order valence-corrected chi connectivity index (χ4v) is 2.53. The van der Waals surface area contributed by atoms with Crippen LogP contribution in [0.15, 0.2) is 0 Å². The average molecular weight is 256 g/mol. The molecule has 1 aliphatic heterocycles. The summed E-state index contributed by atoms with van der Waals surface area (Å²) < 4.78 is 0. The molecule has 0 aromatic carbocycles. The fourth-order valence-electron chi connectivity index (χ4n) is 2.53.